The highest BCUT2D eigenvalue weighted by molar-refractivity contribution is 7.76. The second kappa shape index (κ2) is 8.28. The van der Waals surface area contributed by atoms with Crippen LogP contribution in [0.4, 0.5) is 0 Å². The predicted molar refractivity (Wildman–Crippen MR) is 88.3 cm³/mol. The highest BCUT2D eigenvalue weighted by Crippen LogP contribution is 2.27. The van der Waals surface area contributed by atoms with Crippen LogP contribution in [0, 0.1) is 0 Å². The van der Waals surface area contributed by atoms with Crippen LogP contribution in [-0.2, 0) is 20.8 Å². The number of nitrogens with one attached hydrogen (secondary N) is 1. The number of carbonyl (C=O) groups is 1. The smallest absolute Gasteiger partial charge is 0.262 e. The molecule has 1 amide bonds. The van der Waals surface area contributed by atoms with Crippen LogP contribution in [0.25, 0.3) is 0 Å². The Balaban J connectivity index is 2.74. The third kappa shape index (κ3) is 5.49. The number of hydrogen-bond donors (Lipinski definition) is 3. The van der Waals surface area contributed by atoms with Gasteiger partial charge in [0.15, 0.2) is 0 Å². The van der Waals surface area contributed by atoms with E-state index >= 15 is 0 Å². The standard InChI is InChI=1S/C15H24N2O5S/c1-5-7-13-12(6-2)17(23(20)21)10-11(22-13)8-9-16-14(18)15(3,4)19/h5-7,11,19H,1,8-10H2,2-4H3,(H,16,18)(H,20,21)/b12-6+,13-7+. The molecule has 0 aliphatic carbocycles. The van der Waals surface area contributed by atoms with E-state index in [0.29, 0.717) is 17.9 Å². The van der Waals surface area contributed by atoms with Crippen LogP contribution in [0.3, 0.4) is 0 Å². The first-order chi connectivity index (χ1) is 10.7. The Morgan fingerprint density at radius 3 is 2.74 bits per heavy atom. The van der Waals surface area contributed by atoms with Gasteiger partial charge in [0, 0.05) is 13.0 Å². The molecule has 0 radical (unpaired) electrons. The second-order valence-corrected chi connectivity index (χ2v) is 6.48. The van der Waals surface area contributed by atoms with Gasteiger partial charge in [-0.15, -0.1) is 0 Å². The number of allylic oxidation sites excluding steroid dienone is 3. The minimum atomic E-state index is -2.17. The maximum absolute atomic E-state index is 11.6. The Kier molecular flexibility index (Phi) is 6.99. The second-order valence-electron chi connectivity index (χ2n) is 5.58. The molecule has 1 aliphatic heterocycles. The molecule has 3 N–H and O–H groups in total. The first-order valence-corrected chi connectivity index (χ1v) is 8.32. The van der Waals surface area contributed by atoms with Crippen molar-refractivity contribution < 1.29 is 23.4 Å². The molecule has 1 saturated heterocycles. The number of amides is 1. The number of aliphatic hydroxyl groups is 1. The number of carbonyl (C=O) groups excluding carboxylic acids is 1. The molecule has 8 heteroatoms. The van der Waals surface area contributed by atoms with Gasteiger partial charge in [0.05, 0.1) is 12.2 Å². The molecule has 1 aliphatic rings. The van der Waals surface area contributed by atoms with E-state index in [1.807, 2.05) is 0 Å². The Morgan fingerprint density at radius 1 is 1.61 bits per heavy atom. The van der Waals surface area contributed by atoms with Crippen LogP contribution in [0.15, 0.2) is 36.3 Å². The SMILES string of the molecule is C=C/C=C1/OC(CCNC(=O)C(C)(C)O)CN(S(=O)O)/C1=C/C. The summed E-state index contributed by atoms with van der Waals surface area (Å²) in [6.07, 6.45) is 4.91. The summed E-state index contributed by atoms with van der Waals surface area (Å²) in [5.74, 6) is -0.0261. The zero-order valence-electron chi connectivity index (χ0n) is 13.6. The Hall–Kier alpha value is -1.64. The van der Waals surface area contributed by atoms with Gasteiger partial charge in [-0.2, -0.15) is 0 Å². The van der Waals surface area contributed by atoms with Gasteiger partial charge in [-0.25, -0.2) is 4.21 Å². The van der Waals surface area contributed by atoms with Crippen molar-refractivity contribution >= 4 is 17.2 Å². The van der Waals surface area contributed by atoms with E-state index in [1.54, 1.807) is 19.1 Å². The Morgan fingerprint density at radius 2 is 2.26 bits per heavy atom. The van der Waals surface area contributed by atoms with Crippen LogP contribution in [0.2, 0.25) is 0 Å². The van der Waals surface area contributed by atoms with Crippen molar-refractivity contribution in [1.82, 2.24) is 9.62 Å². The van der Waals surface area contributed by atoms with Crippen LogP contribution >= 0.6 is 0 Å². The summed E-state index contributed by atoms with van der Waals surface area (Å²) in [7, 11) is 0. The van der Waals surface area contributed by atoms with Gasteiger partial charge in [0.1, 0.15) is 17.5 Å². The van der Waals surface area contributed by atoms with Gasteiger partial charge in [0.25, 0.3) is 17.2 Å². The van der Waals surface area contributed by atoms with Crippen molar-refractivity contribution in [3.63, 3.8) is 0 Å². The summed E-state index contributed by atoms with van der Waals surface area (Å²) in [5, 5.41) is 12.2. The molecule has 0 bridgehead atoms. The first kappa shape index (κ1) is 19.4. The number of ether oxygens (including phenoxy) is 1. The van der Waals surface area contributed by atoms with Crippen LogP contribution in [0.1, 0.15) is 27.2 Å². The molecule has 0 spiro atoms. The number of morpholine rings is 1. The molecule has 0 saturated carbocycles. The van der Waals surface area contributed by atoms with Gasteiger partial charge < -0.3 is 15.2 Å². The number of hydrogen-bond acceptors (Lipinski definition) is 4. The summed E-state index contributed by atoms with van der Waals surface area (Å²) in [6.45, 7) is 8.66. The lowest BCUT2D eigenvalue weighted by Gasteiger charge is -2.35. The highest BCUT2D eigenvalue weighted by Gasteiger charge is 2.31. The minimum absolute atomic E-state index is 0.218. The van der Waals surface area contributed by atoms with Crippen molar-refractivity contribution in [1.29, 1.82) is 0 Å². The maximum atomic E-state index is 11.6. The fourth-order valence-corrected chi connectivity index (χ4v) is 2.72. The van der Waals surface area contributed by atoms with E-state index in [9.17, 15) is 18.7 Å². The summed E-state index contributed by atoms with van der Waals surface area (Å²) < 4.78 is 28.1. The molecule has 2 unspecified atom stereocenters. The average molecular weight is 344 g/mol. The molecule has 130 valence electrons. The van der Waals surface area contributed by atoms with E-state index in [2.05, 4.69) is 11.9 Å². The zero-order chi connectivity index (χ0) is 17.6. The van der Waals surface area contributed by atoms with Gasteiger partial charge in [-0.3, -0.25) is 13.7 Å². The van der Waals surface area contributed by atoms with Crippen molar-refractivity contribution in [3.05, 3.63) is 36.3 Å². The molecule has 1 fully saturated rings. The Bertz CT molecular complexity index is 536. The molecule has 1 heterocycles. The van der Waals surface area contributed by atoms with Gasteiger partial charge in [-0.05, 0) is 26.8 Å². The lowest BCUT2D eigenvalue weighted by atomic mass is 10.1. The van der Waals surface area contributed by atoms with Crippen molar-refractivity contribution in [2.75, 3.05) is 13.1 Å². The fourth-order valence-electron chi connectivity index (χ4n) is 2.06. The minimum Gasteiger partial charge on any atom is -0.486 e. The maximum Gasteiger partial charge on any atom is 0.262 e. The molecule has 23 heavy (non-hydrogen) atoms. The quantitative estimate of drug-likeness (QED) is 0.626. The summed E-state index contributed by atoms with van der Waals surface area (Å²) >= 11 is -2.17. The van der Waals surface area contributed by atoms with E-state index in [1.165, 1.54) is 24.2 Å². The summed E-state index contributed by atoms with van der Waals surface area (Å²) in [6, 6.07) is 0. The highest BCUT2D eigenvalue weighted by atomic mass is 32.2. The summed E-state index contributed by atoms with van der Waals surface area (Å²) in [5.41, 5.74) is -0.930. The Labute approximate surface area is 139 Å². The fraction of sp³-hybridized carbons (Fsp3) is 0.533. The van der Waals surface area contributed by atoms with Crippen molar-refractivity contribution in [2.24, 2.45) is 0 Å². The van der Waals surface area contributed by atoms with Gasteiger partial charge in [0.2, 0.25) is 0 Å². The molecule has 1 rings (SSSR count). The third-order valence-electron chi connectivity index (χ3n) is 3.22. The van der Waals surface area contributed by atoms with Crippen LogP contribution < -0.4 is 5.32 Å². The van der Waals surface area contributed by atoms with Crippen LogP contribution in [-0.4, -0.2) is 48.9 Å². The van der Waals surface area contributed by atoms with E-state index in [4.69, 9.17) is 4.74 Å². The zero-order valence-corrected chi connectivity index (χ0v) is 14.4. The van der Waals surface area contributed by atoms with Crippen LogP contribution in [0.5, 0.6) is 0 Å². The molecule has 0 aromatic heterocycles. The molecular weight excluding hydrogens is 320 g/mol. The molecule has 7 nitrogen and oxygen atoms in total. The normalized spacial score (nSPS) is 23.5. The average Bonchev–Trinajstić information content (AvgIpc) is 2.45. The molecule has 2 atom stereocenters. The predicted octanol–water partition coefficient (Wildman–Crippen LogP) is 1.07. The lowest BCUT2D eigenvalue weighted by molar-refractivity contribution is -0.136. The van der Waals surface area contributed by atoms with E-state index in [-0.39, 0.29) is 19.2 Å². The van der Waals surface area contributed by atoms with Gasteiger partial charge in [-0.1, -0.05) is 18.7 Å². The first-order valence-electron chi connectivity index (χ1n) is 7.26. The van der Waals surface area contributed by atoms with Crippen molar-refractivity contribution in [3.8, 4) is 0 Å². The molecule has 0 aromatic rings. The van der Waals surface area contributed by atoms with E-state index in [0.717, 1.165) is 0 Å². The van der Waals surface area contributed by atoms with Crippen molar-refractivity contribution in [2.45, 2.75) is 38.9 Å². The van der Waals surface area contributed by atoms with E-state index < -0.39 is 22.8 Å². The molecule has 0 aromatic carbocycles. The topological polar surface area (TPSA) is 99.1 Å². The number of nitrogens with zero attached hydrogens (tertiary/aromatic N) is 1. The molecular formula is C15H24N2O5S. The third-order valence-corrected chi connectivity index (χ3v) is 3.95. The summed E-state index contributed by atoms with van der Waals surface area (Å²) in [4.78, 5) is 11.6. The lowest BCUT2D eigenvalue weighted by Crippen LogP contribution is -2.45. The largest absolute Gasteiger partial charge is 0.486 e. The van der Waals surface area contributed by atoms with Gasteiger partial charge >= 0.3 is 0 Å². The monoisotopic (exact) mass is 344 g/mol. The number of rotatable bonds is 6.